The fourth-order valence-corrected chi connectivity index (χ4v) is 3.12. The van der Waals surface area contributed by atoms with Crippen LogP contribution in [0.2, 0.25) is 0 Å². The molecule has 0 amide bonds. The predicted octanol–water partition coefficient (Wildman–Crippen LogP) is 7.18. The van der Waals surface area contributed by atoms with Gasteiger partial charge in [-0.15, -0.1) is 48.0 Å². The van der Waals surface area contributed by atoms with Crippen LogP contribution in [0.1, 0.15) is 0 Å². The van der Waals surface area contributed by atoms with Crippen LogP contribution in [0.4, 0.5) is 13.2 Å². The molecule has 0 unspecified atom stereocenters. The first-order chi connectivity index (χ1) is 16.1. The molecule has 0 aliphatic heterocycles. The first kappa shape index (κ1) is 25.0. The molecular weight excluding hydrogens is 614 g/mol. The maximum Gasteiger partial charge on any atom is 0.111 e. The molecule has 6 heteroatoms. The third-order valence-electron chi connectivity index (χ3n) is 4.74. The van der Waals surface area contributed by atoms with Crippen molar-refractivity contribution in [1.82, 2.24) is 9.97 Å². The quantitative estimate of drug-likeness (QED) is 0.156. The van der Waals surface area contributed by atoms with Gasteiger partial charge in [-0.3, -0.25) is 8.78 Å². The Hall–Kier alpha value is -3.60. The van der Waals surface area contributed by atoms with Crippen molar-refractivity contribution in [3.8, 4) is 33.6 Å². The third-order valence-corrected chi connectivity index (χ3v) is 4.74. The van der Waals surface area contributed by atoms with Crippen molar-refractivity contribution in [2.75, 3.05) is 0 Å². The Balaban J connectivity index is 0.000000212. The van der Waals surface area contributed by atoms with E-state index in [1.807, 2.05) is 72.8 Å². The molecule has 0 N–H and O–H groups in total. The Labute approximate surface area is 209 Å². The zero-order valence-corrected chi connectivity index (χ0v) is 20.1. The molecule has 0 aliphatic carbocycles. The van der Waals surface area contributed by atoms with Gasteiger partial charge in [0.15, 0.2) is 0 Å². The van der Waals surface area contributed by atoms with E-state index in [1.165, 1.54) is 6.20 Å². The Bertz CT molecular complexity index is 1290. The van der Waals surface area contributed by atoms with Gasteiger partial charge >= 0.3 is 0 Å². The number of benzene rings is 3. The van der Waals surface area contributed by atoms with Gasteiger partial charge in [-0.25, -0.2) is 4.39 Å². The fourth-order valence-electron chi connectivity index (χ4n) is 3.12. The van der Waals surface area contributed by atoms with Crippen molar-refractivity contribution in [3.63, 3.8) is 0 Å². The van der Waals surface area contributed by atoms with Crippen LogP contribution in [-0.2, 0) is 20.1 Å². The van der Waals surface area contributed by atoms with Gasteiger partial charge in [0.2, 0.25) is 0 Å². The monoisotopic (exact) mass is 631 g/mol. The Morgan fingerprint density at radius 3 is 2.06 bits per heavy atom. The summed E-state index contributed by atoms with van der Waals surface area (Å²) in [6, 6.07) is 32.8. The number of aromatic nitrogens is 2. The molecule has 5 aromatic rings. The smallest absolute Gasteiger partial charge is 0.111 e. The zero-order valence-electron chi connectivity index (χ0n) is 17.7. The SMILES string of the molecule is Fc1c[c-]c(-c2cc(-c3ccccc3)ccn2)c(F)c1F.[Ir].[c-]1ccccc1-c1ccccn1. The van der Waals surface area contributed by atoms with Gasteiger partial charge in [0, 0.05) is 32.5 Å². The largest absolute Gasteiger partial charge is 0.305 e. The van der Waals surface area contributed by atoms with Gasteiger partial charge in [-0.2, -0.15) is 0 Å². The van der Waals surface area contributed by atoms with E-state index in [0.717, 1.165) is 28.5 Å². The maximum atomic E-state index is 13.8. The van der Waals surface area contributed by atoms with E-state index < -0.39 is 17.5 Å². The minimum atomic E-state index is -1.52. The molecule has 2 aromatic heterocycles. The minimum Gasteiger partial charge on any atom is -0.305 e. The van der Waals surface area contributed by atoms with Crippen LogP contribution in [0.15, 0.2) is 103 Å². The van der Waals surface area contributed by atoms with Crippen molar-refractivity contribution in [1.29, 1.82) is 0 Å². The minimum absolute atomic E-state index is 0. The van der Waals surface area contributed by atoms with Crippen molar-refractivity contribution >= 4 is 0 Å². The summed E-state index contributed by atoms with van der Waals surface area (Å²) in [4.78, 5) is 8.22. The summed E-state index contributed by atoms with van der Waals surface area (Å²) in [5, 5.41) is 0. The van der Waals surface area contributed by atoms with Gasteiger partial charge in [-0.05, 0) is 34.6 Å². The molecule has 0 saturated carbocycles. The number of rotatable bonds is 3. The molecule has 2 heterocycles. The van der Waals surface area contributed by atoms with E-state index in [1.54, 1.807) is 18.3 Å². The van der Waals surface area contributed by atoms with Gasteiger partial charge in [-0.1, -0.05) is 54.1 Å². The second kappa shape index (κ2) is 12.0. The maximum absolute atomic E-state index is 13.8. The van der Waals surface area contributed by atoms with Gasteiger partial charge in [0.05, 0.1) is 11.6 Å². The van der Waals surface area contributed by atoms with Gasteiger partial charge < -0.3 is 9.97 Å². The normalized spacial score (nSPS) is 9.97. The fraction of sp³-hybridized carbons (Fsp3) is 0. The molecule has 0 spiro atoms. The molecule has 34 heavy (non-hydrogen) atoms. The molecule has 5 rings (SSSR count). The van der Waals surface area contributed by atoms with E-state index in [4.69, 9.17) is 0 Å². The Morgan fingerprint density at radius 2 is 1.35 bits per heavy atom. The van der Waals surface area contributed by atoms with E-state index in [0.29, 0.717) is 0 Å². The third kappa shape index (κ3) is 6.04. The molecule has 0 saturated heterocycles. The molecule has 0 aliphatic rings. The topological polar surface area (TPSA) is 25.8 Å². The average molecular weight is 631 g/mol. The van der Waals surface area contributed by atoms with Crippen molar-refractivity contribution in [2.45, 2.75) is 0 Å². The van der Waals surface area contributed by atoms with Crippen molar-refractivity contribution in [2.24, 2.45) is 0 Å². The van der Waals surface area contributed by atoms with Gasteiger partial charge in [0.25, 0.3) is 0 Å². The Kier molecular flexibility index (Phi) is 8.86. The Morgan fingerprint density at radius 1 is 0.618 bits per heavy atom. The van der Waals surface area contributed by atoms with Gasteiger partial charge in [0.1, 0.15) is 5.82 Å². The first-order valence-electron chi connectivity index (χ1n) is 10.1. The second-order valence-electron chi connectivity index (χ2n) is 6.93. The number of nitrogens with zero attached hydrogens (tertiary/aromatic N) is 2. The summed E-state index contributed by atoms with van der Waals surface area (Å²) in [5.41, 5.74) is 3.75. The summed E-state index contributed by atoms with van der Waals surface area (Å²) in [5.74, 6) is -4.07. The molecular formula is C28H17F3IrN2-2. The number of pyridine rings is 2. The summed E-state index contributed by atoms with van der Waals surface area (Å²) in [7, 11) is 0. The molecule has 1 radical (unpaired) electrons. The van der Waals surface area contributed by atoms with Crippen LogP contribution in [-0.4, -0.2) is 9.97 Å². The summed E-state index contributed by atoms with van der Waals surface area (Å²) in [6.07, 6.45) is 3.28. The molecule has 171 valence electrons. The number of hydrogen-bond donors (Lipinski definition) is 0. The van der Waals surface area contributed by atoms with E-state index in [2.05, 4.69) is 22.1 Å². The number of halogens is 3. The van der Waals surface area contributed by atoms with Crippen molar-refractivity contribution < 1.29 is 33.3 Å². The molecule has 0 atom stereocenters. The molecule has 2 nitrogen and oxygen atoms in total. The van der Waals surface area contributed by atoms with Crippen LogP contribution in [0.25, 0.3) is 33.6 Å². The average Bonchev–Trinajstić information content (AvgIpc) is 2.89. The van der Waals surface area contributed by atoms with Crippen LogP contribution in [0.5, 0.6) is 0 Å². The van der Waals surface area contributed by atoms with Crippen LogP contribution >= 0.6 is 0 Å². The summed E-state index contributed by atoms with van der Waals surface area (Å²) in [6.45, 7) is 0. The van der Waals surface area contributed by atoms with Crippen LogP contribution in [0.3, 0.4) is 0 Å². The van der Waals surface area contributed by atoms with Crippen LogP contribution in [0, 0.1) is 29.6 Å². The predicted molar refractivity (Wildman–Crippen MR) is 122 cm³/mol. The molecule has 3 aromatic carbocycles. The number of hydrogen-bond acceptors (Lipinski definition) is 2. The van der Waals surface area contributed by atoms with E-state index >= 15 is 0 Å². The summed E-state index contributed by atoms with van der Waals surface area (Å²) >= 11 is 0. The standard InChI is InChI=1S/C17H9F3N.C11H8N.Ir/c18-14-7-6-13(16(19)17(14)20)15-10-12(8-9-21-15)11-4-2-1-3-5-11;1-2-6-10(7-3-1)11-8-4-5-9-12-11;/h1-5,7-10H;1-6,8-9H;/q2*-1;. The van der Waals surface area contributed by atoms with Crippen molar-refractivity contribution in [3.05, 3.63) is 133 Å². The molecule has 0 fully saturated rings. The van der Waals surface area contributed by atoms with E-state index in [-0.39, 0.29) is 31.4 Å². The van der Waals surface area contributed by atoms with E-state index in [9.17, 15) is 13.2 Å². The molecule has 0 bridgehead atoms. The summed E-state index contributed by atoms with van der Waals surface area (Å²) < 4.78 is 40.1. The first-order valence-corrected chi connectivity index (χ1v) is 10.1. The zero-order chi connectivity index (χ0) is 23.0. The van der Waals surface area contributed by atoms with Crippen LogP contribution < -0.4 is 0 Å². The second-order valence-corrected chi connectivity index (χ2v) is 6.93.